The Morgan fingerprint density at radius 1 is 1.25 bits per heavy atom. The third-order valence-electron chi connectivity index (χ3n) is 2.39. The van der Waals surface area contributed by atoms with Crippen LogP contribution in [0.1, 0.15) is 25.3 Å². The summed E-state index contributed by atoms with van der Waals surface area (Å²) in [6.07, 6.45) is 2.66. The molecule has 0 bridgehead atoms. The number of hydrogen-bond donors (Lipinski definition) is 1. The zero-order chi connectivity index (χ0) is 11.8. The van der Waals surface area contributed by atoms with Crippen molar-refractivity contribution in [2.45, 2.75) is 26.2 Å². The van der Waals surface area contributed by atoms with Crippen LogP contribution in [-0.4, -0.2) is 18.9 Å². The van der Waals surface area contributed by atoms with E-state index in [1.807, 2.05) is 0 Å². The molecule has 1 aromatic carbocycles. The maximum atomic E-state index is 10.7. The Balaban J connectivity index is 2.07. The summed E-state index contributed by atoms with van der Waals surface area (Å²) in [7, 11) is 0. The Morgan fingerprint density at radius 3 is 2.56 bits per heavy atom. The molecule has 2 nitrogen and oxygen atoms in total. The molecule has 1 rings (SSSR count). The molecule has 0 saturated carbocycles. The molecular formula is C13H18BrNO. The van der Waals surface area contributed by atoms with Gasteiger partial charge in [-0.05, 0) is 50.6 Å². The number of Topliss-reactive ketones (excluding diaryl/α,β-unsaturated/α-hetero) is 1. The Bertz CT molecular complexity index is 321. The van der Waals surface area contributed by atoms with Gasteiger partial charge in [0.25, 0.3) is 0 Å². The molecule has 0 aliphatic carbocycles. The summed E-state index contributed by atoms with van der Waals surface area (Å²) < 4.78 is 1.12. The van der Waals surface area contributed by atoms with Gasteiger partial charge < -0.3 is 10.1 Å². The van der Waals surface area contributed by atoms with Crippen LogP contribution in [0.15, 0.2) is 28.7 Å². The minimum atomic E-state index is 0.273. The summed E-state index contributed by atoms with van der Waals surface area (Å²) in [5.74, 6) is 0.273. The maximum Gasteiger partial charge on any atom is 0.129 e. The quantitative estimate of drug-likeness (QED) is 0.780. The van der Waals surface area contributed by atoms with Crippen LogP contribution in [0.3, 0.4) is 0 Å². The SMILES string of the molecule is CC(=O)CCCNCCc1ccc(Br)cc1. The minimum Gasteiger partial charge on any atom is -0.316 e. The van der Waals surface area contributed by atoms with E-state index >= 15 is 0 Å². The monoisotopic (exact) mass is 283 g/mol. The van der Waals surface area contributed by atoms with E-state index in [-0.39, 0.29) is 5.78 Å². The van der Waals surface area contributed by atoms with Crippen LogP contribution in [-0.2, 0) is 11.2 Å². The smallest absolute Gasteiger partial charge is 0.129 e. The normalized spacial score (nSPS) is 10.4. The van der Waals surface area contributed by atoms with E-state index in [4.69, 9.17) is 0 Å². The third-order valence-corrected chi connectivity index (χ3v) is 2.91. The summed E-state index contributed by atoms with van der Waals surface area (Å²) in [6, 6.07) is 8.37. The summed E-state index contributed by atoms with van der Waals surface area (Å²) in [5.41, 5.74) is 1.34. The second-order valence-electron chi connectivity index (χ2n) is 3.93. The molecule has 0 unspecified atom stereocenters. The van der Waals surface area contributed by atoms with Crippen molar-refractivity contribution >= 4 is 21.7 Å². The van der Waals surface area contributed by atoms with Crippen LogP contribution in [0.5, 0.6) is 0 Å². The number of ketones is 1. The zero-order valence-electron chi connectivity index (χ0n) is 9.63. The molecule has 1 aromatic rings. The first kappa shape index (κ1) is 13.4. The average molecular weight is 284 g/mol. The van der Waals surface area contributed by atoms with E-state index < -0.39 is 0 Å². The number of carbonyl (C=O) groups is 1. The lowest BCUT2D eigenvalue weighted by Gasteiger charge is -2.04. The molecule has 0 saturated heterocycles. The van der Waals surface area contributed by atoms with Crippen molar-refractivity contribution in [2.75, 3.05) is 13.1 Å². The van der Waals surface area contributed by atoms with E-state index in [0.29, 0.717) is 6.42 Å². The van der Waals surface area contributed by atoms with Gasteiger partial charge in [-0.15, -0.1) is 0 Å². The van der Waals surface area contributed by atoms with Gasteiger partial charge >= 0.3 is 0 Å². The number of carbonyl (C=O) groups excluding carboxylic acids is 1. The third kappa shape index (κ3) is 6.03. The lowest BCUT2D eigenvalue weighted by Crippen LogP contribution is -2.19. The van der Waals surface area contributed by atoms with Crippen LogP contribution in [0, 0.1) is 0 Å². The highest BCUT2D eigenvalue weighted by Gasteiger charge is 1.95. The van der Waals surface area contributed by atoms with E-state index in [9.17, 15) is 4.79 Å². The maximum absolute atomic E-state index is 10.7. The largest absolute Gasteiger partial charge is 0.316 e. The highest BCUT2D eigenvalue weighted by atomic mass is 79.9. The van der Waals surface area contributed by atoms with Crippen LogP contribution in [0.25, 0.3) is 0 Å². The van der Waals surface area contributed by atoms with Crippen molar-refractivity contribution < 1.29 is 4.79 Å². The number of rotatable bonds is 7. The van der Waals surface area contributed by atoms with Crippen LogP contribution in [0.4, 0.5) is 0 Å². The summed E-state index contributed by atoms with van der Waals surface area (Å²) in [4.78, 5) is 10.7. The Morgan fingerprint density at radius 2 is 1.94 bits per heavy atom. The lowest BCUT2D eigenvalue weighted by molar-refractivity contribution is -0.117. The van der Waals surface area contributed by atoms with Crippen molar-refractivity contribution in [3.63, 3.8) is 0 Å². The fraction of sp³-hybridized carbons (Fsp3) is 0.462. The predicted molar refractivity (Wildman–Crippen MR) is 70.6 cm³/mol. The van der Waals surface area contributed by atoms with Gasteiger partial charge in [-0.25, -0.2) is 0 Å². The van der Waals surface area contributed by atoms with Crippen molar-refractivity contribution in [3.05, 3.63) is 34.3 Å². The standard InChI is InChI=1S/C13H18BrNO/c1-11(16)3-2-9-15-10-8-12-4-6-13(14)7-5-12/h4-7,15H,2-3,8-10H2,1H3. The average Bonchev–Trinajstić information content (AvgIpc) is 2.25. The predicted octanol–water partition coefficient (Wildman–Crippen LogP) is 2.95. The fourth-order valence-corrected chi connectivity index (χ4v) is 1.74. The molecule has 1 N–H and O–H groups in total. The van der Waals surface area contributed by atoms with Gasteiger partial charge in [0, 0.05) is 10.9 Å². The number of hydrogen-bond acceptors (Lipinski definition) is 2. The molecule has 0 atom stereocenters. The second-order valence-corrected chi connectivity index (χ2v) is 4.85. The molecule has 0 heterocycles. The molecule has 0 aliphatic rings. The first-order valence-electron chi connectivity index (χ1n) is 5.63. The van der Waals surface area contributed by atoms with Crippen LogP contribution in [0.2, 0.25) is 0 Å². The van der Waals surface area contributed by atoms with Crippen LogP contribution >= 0.6 is 15.9 Å². The molecule has 0 radical (unpaired) electrons. The van der Waals surface area contributed by atoms with Crippen molar-refractivity contribution in [1.82, 2.24) is 5.32 Å². The molecule has 0 amide bonds. The topological polar surface area (TPSA) is 29.1 Å². The Labute approximate surface area is 106 Å². The van der Waals surface area contributed by atoms with Crippen LogP contribution < -0.4 is 5.32 Å². The molecule has 88 valence electrons. The zero-order valence-corrected chi connectivity index (χ0v) is 11.2. The van der Waals surface area contributed by atoms with Gasteiger partial charge in [-0.2, -0.15) is 0 Å². The molecule has 0 spiro atoms. The van der Waals surface area contributed by atoms with Gasteiger partial charge in [-0.3, -0.25) is 0 Å². The molecular weight excluding hydrogens is 266 g/mol. The van der Waals surface area contributed by atoms with E-state index in [1.165, 1.54) is 5.56 Å². The van der Waals surface area contributed by atoms with E-state index in [2.05, 4.69) is 45.5 Å². The number of benzene rings is 1. The Hall–Kier alpha value is -0.670. The Kier molecular flexibility index (Phi) is 6.34. The van der Waals surface area contributed by atoms with Gasteiger partial charge in [0.2, 0.25) is 0 Å². The van der Waals surface area contributed by atoms with Crippen molar-refractivity contribution in [3.8, 4) is 0 Å². The molecule has 0 aromatic heterocycles. The molecule has 0 fully saturated rings. The number of halogens is 1. The minimum absolute atomic E-state index is 0.273. The lowest BCUT2D eigenvalue weighted by atomic mass is 10.1. The number of nitrogens with one attached hydrogen (secondary N) is 1. The molecule has 3 heteroatoms. The van der Waals surface area contributed by atoms with Gasteiger partial charge in [-0.1, -0.05) is 28.1 Å². The fourth-order valence-electron chi connectivity index (χ4n) is 1.47. The van der Waals surface area contributed by atoms with E-state index in [0.717, 1.165) is 30.4 Å². The van der Waals surface area contributed by atoms with Gasteiger partial charge in [0.15, 0.2) is 0 Å². The van der Waals surface area contributed by atoms with Gasteiger partial charge in [0.1, 0.15) is 5.78 Å². The first-order chi connectivity index (χ1) is 7.68. The summed E-state index contributed by atoms with van der Waals surface area (Å²) in [6.45, 7) is 3.54. The molecule has 0 aliphatic heterocycles. The highest BCUT2D eigenvalue weighted by molar-refractivity contribution is 9.10. The molecule has 16 heavy (non-hydrogen) atoms. The first-order valence-corrected chi connectivity index (χ1v) is 6.42. The van der Waals surface area contributed by atoms with E-state index in [1.54, 1.807) is 6.92 Å². The highest BCUT2D eigenvalue weighted by Crippen LogP contribution is 2.10. The second kappa shape index (κ2) is 7.58. The summed E-state index contributed by atoms with van der Waals surface area (Å²) in [5, 5.41) is 3.34. The summed E-state index contributed by atoms with van der Waals surface area (Å²) >= 11 is 3.41. The van der Waals surface area contributed by atoms with Crippen molar-refractivity contribution in [1.29, 1.82) is 0 Å². The van der Waals surface area contributed by atoms with Gasteiger partial charge in [0.05, 0.1) is 0 Å². The van der Waals surface area contributed by atoms with Crippen molar-refractivity contribution in [2.24, 2.45) is 0 Å².